The standard InChI is InChI=1S/C15H13BrN2O4/c1-22-13-7-9(6-12(16)14(13)19)8-17-18-11-4-2-10(3-5-11)15(20)21/h2-8,18-19H,1H3,(H,20,21)/b17-8-. The quantitative estimate of drug-likeness (QED) is 0.559. The van der Waals surface area contributed by atoms with Gasteiger partial charge in [-0.2, -0.15) is 5.10 Å². The molecule has 0 spiro atoms. The van der Waals surface area contributed by atoms with E-state index in [2.05, 4.69) is 26.5 Å². The minimum absolute atomic E-state index is 0.0249. The van der Waals surface area contributed by atoms with Gasteiger partial charge < -0.3 is 14.9 Å². The summed E-state index contributed by atoms with van der Waals surface area (Å²) in [5, 5.41) is 22.6. The van der Waals surface area contributed by atoms with Crippen molar-refractivity contribution < 1.29 is 19.7 Å². The average molecular weight is 365 g/mol. The average Bonchev–Trinajstić information content (AvgIpc) is 2.51. The lowest BCUT2D eigenvalue weighted by Gasteiger charge is -2.06. The van der Waals surface area contributed by atoms with Gasteiger partial charge in [-0.3, -0.25) is 5.43 Å². The van der Waals surface area contributed by atoms with Crippen LogP contribution in [0.5, 0.6) is 11.5 Å². The maximum absolute atomic E-state index is 10.7. The molecule has 0 atom stereocenters. The molecule has 2 aromatic carbocycles. The van der Waals surface area contributed by atoms with Crippen molar-refractivity contribution in [3.63, 3.8) is 0 Å². The number of anilines is 1. The third kappa shape index (κ3) is 3.76. The van der Waals surface area contributed by atoms with Crippen molar-refractivity contribution in [2.24, 2.45) is 5.10 Å². The Hall–Kier alpha value is -2.54. The molecule has 0 aliphatic carbocycles. The molecular formula is C15H13BrN2O4. The second-order valence-electron chi connectivity index (χ2n) is 4.31. The van der Waals surface area contributed by atoms with Gasteiger partial charge in [-0.05, 0) is 57.9 Å². The van der Waals surface area contributed by atoms with Crippen molar-refractivity contribution in [1.82, 2.24) is 0 Å². The molecule has 0 amide bonds. The smallest absolute Gasteiger partial charge is 0.335 e. The molecule has 7 heteroatoms. The van der Waals surface area contributed by atoms with Crippen LogP contribution in [-0.4, -0.2) is 29.5 Å². The van der Waals surface area contributed by atoms with Gasteiger partial charge in [0.25, 0.3) is 0 Å². The number of hydrazone groups is 1. The van der Waals surface area contributed by atoms with E-state index in [9.17, 15) is 9.90 Å². The number of hydrogen-bond donors (Lipinski definition) is 3. The van der Waals surface area contributed by atoms with Crippen molar-refractivity contribution in [3.8, 4) is 11.5 Å². The molecule has 0 unspecified atom stereocenters. The van der Waals surface area contributed by atoms with Crippen LogP contribution in [0.1, 0.15) is 15.9 Å². The Bertz CT molecular complexity index is 714. The molecule has 0 bridgehead atoms. The summed E-state index contributed by atoms with van der Waals surface area (Å²) in [7, 11) is 1.46. The van der Waals surface area contributed by atoms with Crippen molar-refractivity contribution in [2.75, 3.05) is 12.5 Å². The number of rotatable bonds is 5. The SMILES string of the molecule is COc1cc(/C=N\Nc2ccc(C(=O)O)cc2)cc(Br)c1O. The lowest BCUT2D eigenvalue weighted by Crippen LogP contribution is -1.96. The molecule has 114 valence electrons. The van der Waals surface area contributed by atoms with Crippen LogP contribution in [0.3, 0.4) is 0 Å². The zero-order valence-corrected chi connectivity index (χ0v) is 13.2. The highest BCUT2D eigenvalue weighted by Crippen LogP contribution is 2.34. The third-order valence-corrected chi connectivity index (χ3v) is 3.41. The van der Waals surface area contributed by atoms with Crippen molar-refractivity contribution in [3.05, 3.63) is 52.0 Å². The minimum Gasteiger partial charge on any atom is -0.503 e. The zero-order chi connectivity index (χ0) is 16.1. The predicted octanol–water partition coefficient (Wildman–Crippen LogP) is 3.31. The van der Waals surface area contributed by atoms with E-state index in [1.54, 1.807) is 30.5 Å². The number of phenols is 1. The molecular weight excluding hydrogens is 352 g/mol. The molecule has 2 rings (SSSR count). The molecule has 0 saturated heterocycles. The summed E-state index contributed by atoms with van der Waals surface area (Å²) in [4.78, 5) is 10.7. The number of methoxy groups -OCH3 is 1. The van der Waals surface area contributed by atoms with Crippen molar-refractivity contribution >= 4 is 33.8 Å². The fraction of sp³-hybridized carbons (Fsp3) is 0.0667. The predicted molar refractivity (Wildman–Crippen MR) is 87.0 cm³/mol. The number of nitrogens with zero attached hydrogens (tertiary/aromatic N) is 1. The number of phenolic OH excluding ortho intramolecular Hbond substituents is 1. The molecule has 0 aromatic heterocycles. The molecule has 22 heavy (non-hydrogen) atoms. The number of halogens is 1. The van der Waals surface area contributed by atoms with E-state index in [1.165, 1.54) is 19.2 Å². The summed E-state index contributed by atoms with van der Waals surface area (Å²) in [5.74, 6) is -0.616. The zero-order valence-electron chi connectivity index (χ0n) is 11.6. The maximum Gasteiger partial charge on any atom is 0.335 e. The molecule has 0 heterocycles. The first-order chi connectivity index (χ1) is 10.5. The fourth-order valence-corrected chi connectivity index (χ4v) is 2.15. The number of carbonyl (C=O) groups is 1. The number of aromatic hydroxyl groups is 1. The third-order valence-electron chi connectivity index (χ3n) is 2.81. The van der Waals surface area contributed by atoms with E-state index in [4.69, 9.17) is 9.84 Å². The molecule has 3 N–H and O–H groups in total. The minimum atomic E-state index is -0.976. The maximum atomic E-state index is 10.7. The summed E-state index contributed by atoms with van der Waals surface area (Å²) >= 11 is 3.23. The summed E-state index contributed by atoms with van der Waals surface area (Å²) in [6.45, 7) is 0. The summed E-state index contributed by atoms with van der Waals surface area (Å²) in [6.07, 6.45) is 1.55. The van der Waals surface area contributed by atoms with Crippen LogP contribution >= 0.6 is 15.9 Å². The first kappa shape index (κ1) is 15.8. The highest BCUT2D eigenvalue weighted by Gasteiger charge is 2.07. The number of benzene rings is 2. The molecule has 0 saturated carbocycles. The fourth-order valence-electron chi connectivity index (χ4n) is 1.69. The van der Waals surface area contributed by atoms with E-state index in [1.807, 2.05) is 0 Å². The Morgan fingerprint density at radius 2 is 2.00 bits per heavy atom. The van der Waals surface area contributed by atoms with Gasteiger partial charge in [0, 0.05) is 0 Å². The largest absolute Gasteiger partial charge is 0.503 e. The van der Waals surface area contributed by atoms with E-state index in [-0.39, 0.29) is 11.3 Å². The summed E-state index contributed by atoms with van der Waals surface area (Å²) in [6, 6.07) is 9.54. The molecule has 6 nitrogen and oxygen atoms in total. The lowest BCUT2D eigenvalue weighted by molar-refractivity contribution is 0.0697. The second kappa shape index (κ2) is 6.95. The topological polar surface area (TPSA) is 91.2 Å². The number of ether oxygens (including phenoxy) is 1. The Balaban J connectivity index is 2.09. The first-order valence-electron chi connectivity index (χ1n) is 6.20. The Kier molecular flexibility index (Phi) is 5.00. The summed E-state index contributed by atoms with van der Waals surface area (Å²) in [5.41, 5.74) is 4.38. The molecule has 0 aliphatic heterocycles. The first-order valence-corrected chi connectivity index (χ1v) is 6.99. The monoisotopic (exact) mass is 364 g/mol. The van der Waals surface area contributed by atoms with Crippen LogP contribution < -0.4 is 10.2 Å². The normalized spacial score (nSPS) is 10.6. The van der Waals surface area contributed by atoms with Gasteiger partial charge in [-0.15, -0.1) is 0 Å². The van der Waals surface area contributed by atoms with Gasteiger partial charge in [-0.25, -0.2) is 4.79 Å². The molecule has 0 aliphatic rings. The van der Waals surface area contributed by atoms with Crippen LogP contribution in [0.2, 0.25) is 0 Å². The van der Waals surface area contributed by atoms with Gasteiger partial charge in [0.05, 0.1) is 29.0 Å². The van der Waals surface area contributed by atoms with Crippen LogP contribution in [-0.2, 0) is 0 Å². The van der Waals surface area contributed by atoms with Crippen LogP contribution in [0.15, 0.2) is 46.0 Å². The number of nitrogens with one attached hydrogen (secondary N) is 1. The van der Waals surface area contributed by atoms with Gasteiger partial charge in [-0.1, -0.05) is 0 Å². The lowest BCUT2D eigenvalue weighted by atomic mass is 10.2. The van der Waals surface area contributed by atoms with E-state index >= 15 is 0 Å². The van der Waals surface area contributed by atoms with E-state index in [0.29, 0.717) is 15.9 Å². The second-order valence-corrected chi connectivity index (χ2v) is 5.16. The van der Waals surface area contributed by atoms with Crippen LogP contribution in [0.4, 0.5) is 5.69 Å². The summed E-state index contributed by atoms with van der Waals surface area (Å²) < 4.78 is 5.55. The van der Waals surface area contributed by atoms with Crippen molar-refractivity contribution in [2.45, 2.75) is 0 Å². The Morgan fingerprint density at radius 1 is 1.32 bits per heavy atom. The van der Waals surface area contributed by atoms with E-state index in [0.717, 1.165) is 5.56 Å². The highest BCUT2D eigenvalue weighted by molar-refractivity contribution is 9.10. The van der Waals surface area contributed by atoms with Crippen molar-refractivity contribution in [1.29, 1.82) is 0 Å². The van der Waals surface area contributed by atoms with Crippen LogP contribution in [0, 0.1) is 0 Å². The number of carboxylic acid groups (broad SMARTS) is 1. The molecule has 2 aromatic rings. The van der Waals surface area contributed by atoms with Gasteiger partial charge in [0.15, 0.2) is 11.5 Å². The Labute approximate surface area is 135 Å². The van der Waals surface area contributed by atoms with Gasteiger partial charge in [0.1, 0.15) is 0 Å². The van der Waals surface area contributed by atoms with Gasteiger partial charge in [0.2, 0.25) is 0 Å². The van der Waals surface area contributed by atoms with Crippen LogP contribution in [0.25, 0.3) is 0 Å². The molecule has 0 radical (unpaired) electrons. The Morgan fingerprint density at radius 3 is 2.59 bits per heavy atom. The number of hydrogen-bond acceptors (Lipinski definition) is 5. The molecule has 0 fully saturated rings. The van der Waals surface area contributed by atoms with E-state index < -0.39 is 5.97 Å². The number of carboxylic acids is 1. The number of aromatic carboxylic acids is 1. The van der Waals surface area contributed by atoms with Gasteiger partial charge >= 0.3 is 5.97 Å². The highest BCUT2D eigenvalue weighted by atomic mass is 79.9.